The van der Waals surface area contributed by atoms with Crippen LogP contribution in [0.4, 0.5) is 0 Å². The van der Waals surface area contributed by atoms with E-state index in [0.29, 0.717) is 16.7 Å². The number of hydrogen-bond acceptors (Lipinski definition) is 1. The number of aliphatic hydroxyl groups is 1. The predicted molar refractivity (Wildman–Crippen MR) is 101 cm³/mol. The van der Waals surface area contributed by atoms with Crippen molar-refractivity contribution in [2.24, 2.45) is 46.3 Å². The average molecular weight is 333 g/mol. The van der Waals surface area contributed by atoms with Gasteiger partial charge in [-0.05, 0) is 97.7 Å². The summed E-state index contributed by atoms with van der Waals surface area (Å²) in [5, 5.41) is 11.2. The zero-order valence-electron chi connectivity index (χ0n) is 16.6. The Kier molecular flexibility index (Phi) is 4.34. The van der Waals surface area contributed by atoms with Gasteiger partial charge in [-0.15, -0.1) is 0 Å². The molecule has 4 aliphatic carbocycles. The van der Waals surface area contributed by atoms with Gasteiger partial charge in [0.05, 0.1) is 6.10 Å². The van der Waals surface area contributed by atoms with Gasteiger partial charge in [0, 0.05) is 0 Å². The lowest BCUT2D eigenvalue weighted by Gasteiger charge is -2.62. The molecular formula is C23H40O. The third-order valence-electron chi connectivity index (χ3n) is 9.55. The third kappa shape index (κ3) is 2.43. The van der Waals surface area contributed by atoms with E-state index in [-0.39, 0.29) is 6.10 Å². The van der Waals surface area contributed by atoms with Gasteiger partial charge in [0.2, 0.25) is 0 Å². The van der Waals surface area contributed by atoms with Crippen LogP contribution in [-0.4, -0.2) is 11.2 Å². The molecule has 1 heteroatoms. The van der Waals surface area contributed by atoms with Crippen molar-refractivity contribution in [3.63, 3.8) is 0 Å². The summed E-state index contributed by atoms with van der Waals surface area (Å²) in [5.41, 5.74) is 1.06. The summed E-state index contributed by atoms with van der Waals surface area (Å²) in [7, 11) is 0. The van der Waals surface area contributed by atoms with Gasteiger partial charge in [0.1, 0.15) is 0 Å². The van der Waals surface area contributed by atoms with E-state index < -0.39 is 0 Å². The molecule has 0 saturated heterocycles. The topological polar surface area (TPSA) is 20.2 Å². The number of aliphatic hydroxyl groups excluding tert-OH is 1. The summed E-state index contributed by atoms with van der Waals surface area (Å²) < 4.78 is 0. The minimum Gasteiger partial charge on any atom is -0.393 e. The second-order valence-corrected chi connectivity index (χ2v) is 11.0. The van der Waals surface area contributed by atoms with Crippen LogP contribution in [0.1, 0.15) is 91.9 Å². The molecule has 0 aromatic carbocycles. The first-order chi connectivity index (χ1) is 11.4. The highest BCUT2D eigenvalue weighted by Gasteiger charge is 2.61. The molecule has 0 amide bonds. The average Bonchev–Trinajstić information content (AvgIpc) is 2.84. The second-order valence-electron chi connectivity index (χ2n) is 11.0. The predicted octanol–water partition coefficient (Wildman–Crippen LogP) is 6.05. The fraction of sp³-hybridized carbons (Fsp3) is 1.00. The van der Waals surface area contributed by atoms with Gasteiger partial charge in [-0.1, -0.05) is 40.5 Å². The van der Waals surface area contributed by atoms with Gasteiger partial charge in [-0.3, -0.25) is 0 Å². The zero-order chi connectivity index (χ0) is 17.1. The van der Waals surface area contributed by atoms with Crippen molar-refractivity contribution >= 4 is 0 Å². The molecule has 0 aliphatic heterocycles. The van der Waals surface area contributed by atoms with Gasteiger partial charge in [0.15, 0.2) is 0 Å². The Balaban J connectivity index is 1.62. The van der Waals surface area contributed by atoms with Crippen molar-refractivity contribution in [2.75, 3.05) is 0 Å². The molecule has 0 spiro atoms. The Hall–Kier alpha value is -0.0400. The number of fused-ring (bicyclic) bond motifs is 5. The van der Waals surface area contributed by atoms with Gasteiger partial charge >= 0.3 is 0 Å². The first kappa shape index (κ1) is 17.4. The first-order valence-electron chi connectivity index (χ1n) is 11.0. The summed E-state index contributed by atoms with van der Waals surface area (Å²) in [5.74, 6) is 4.75. The summed E-state index contributed by atoms with van der Waals surface area (Å²) in [4.78, 5) is 0. The van der Waals surface area contributed by atoms with E-state index in [9.17, 15) is 5.11 Å². The standard InChI is InChI=1S/C23H40O/c1-15(2)13-17-8-9-18-21-19(10-12-23(17,18)4)22(3)11-6-5-7-16(22)14-20(21)24/h15-21,24H,5-14H2,1-4H3. The van der Waals surface area contributed by atoms with Crippen LogP contribution in [0.15, 0.2) is 0 Å². The normalized spacial score (nSPS) is 54.2. The van der Waals surface area contributed by atoms with Crippen LogP contribution in [0.5, 0.6) is 0 Å². The van der Waals surface area contributed by atoms with Gasteiger partial charge in [0.25, 0.3) is 0 Å². The largest absolute Gasteiger partial charge is 0.393 e. The van der Waals surface area contributed by atoms with Crippen LogP contribution in [0.25, 0.3) is 0 Å². The van der Waals surface area contributed by atoms with Gasteiger partial charge in [-0.25, -0.2) is 0 Å². The SMILES string of the molecule is CC(C)CC1CCC2C3C(O)CC4CCCCC4(C)C3CCC12C. The minimum absolute atomic E-state index is 0.00593. The maximum atomic E-state index is 11.2. The molecular weight excluding hydrogens is 292 g/mol. The molecule has 24 heavy (non-hydrogen) atoms. The monoisotopic (exact) mass is 332 g/mol. The van der Waals surface area contributed by atoms with E-state index in [1.54, 1.807) is 0 Å². The molecule has 8 atom stereocenters. The Morgan fingerprint density at radius 3 is 2.42 bits per heavy atom. The van der Waals surface area contributed by atoms with Crippen LogP contribution in [0.3, 0.4) is 0 Å². The fourth-order valence-corrected chi connectivity index (χ4v) is 8.32. The molecule has 0 aromatic heterocycles. The molecule has 8 unspecified atom stereocenters. The molecule has 1 nitrogen and oxygen atoms in total. The Bertz CT molecular complexity index is 471. The van der Waals surface area contributed by atoms with Gasteiger partial charge in [-0.2, -0.15) is 0 Å². The molecule has 4 fully saturated rings. The molecule has 138 valence electrons. The summed E-state index contributed by atoms with van der Waals surface area (Å²) in [6.45, 7) is 10.0. The Morgan fingerprint density at radius 2 is 1.67 bits per heavy atom. The number of hydrogen-bond donors (Lipinski definition) is 1. The summed E-state index contributed by atoms with van der Waals surface area (Å²) in [6.07, 6.45) is 13.8. The van der Waals surface area contributed by atoms with Gasteiger partial charge < -0.3 is 5.11 Å². The summed E-state index contributed by atoms with van der Waals surface area (Å²) in [6, 6.07) is 0. The lowest BCUT2D eigenvalue weighted by molar-refractivity contribution is -0.163. The van der Waals surface area contributed by atoms with Crippen molar-refractivity contribution < 1.29 is 5.11 Å². The molecule has 0 bridgehead atoms. The van der Waals surface area contributed by atoms with Crippen molar-refractivity contribution in [3.8, 4) is 0 Å². The smallest absolute Gasteiger partial charge is 0.0577 e. The van der Waals surface area contributed by atoms with E-state index in [4.69, 9.17) is 0 Å². The van der Waals surface area contributed by atoms with E-state index in [1.165, 1.54) is 57.8 Å². The van der Waals surface area contributed by atoms with Crippen molar-refractivity contribution in [1.29, 1.82) is 0 Å². The van der Waals surface area contributed by atoms with Crippen LogP contribution < -0.4 is 0 Å². The zero-order valence-corrected chi connectivity index (χ0v) is 16.6. The maximum absolute atomic E-state index is 11.2. The molecule has 0 aromatic rings. The Morgan fingerprint density at radius 1 is 0.917 bits per heavy atom. The molecule has 4 aliphatic rings. The lowest BCUT2D eigenvalue weighted by Crippen LogP contribution is -2.57. The lowest BCUT2D eigenvalue weighted by atomic mass is 9.44. The second kappa shape index (κ2) is 6.00. The number of rotatable bonds is 2. The highest BCUT2D eigenvalue weighted by molar-refractivity contribution is 5.10. The van der Waals surface area contributed by atoms with Crippen molar-refractivity contribution in [1.82, 2.24) is 0 Å². The third-order valence-corrected chi connectivity index (χ3v) is 9.55. The first-order valence-corrected chi connectivity index (χ1v) is 11.0. The van der Waals surface area contributed by atoms with Crippen LogP contribution in [0, 0.1) is 46.3 Å². The highest BCUT2D eigenvalue weighted by Crippen LogP contribution is 2.67. The molecule has 4 rings (SSSR count). The molecule has 0 heterocycles. The van der Waals surface area contributed by atoms with E-state index >= 15 is 0 Å². The Labute approximate surface area is 150 Å². The van der Waals surface area contributed by atoms with E-state index in [1.807, 2.05) is 0 Å². The quantitative estimate of drug-likeness (QED) is 0.652. The summed E-state index contributed by atoms with van der Waals surface area (Å²) >= 11 is 0. The maximum Gasteiger partial charge on any atom is 0.0577 e. The fourth-order valence-electron chi connectivity index (χ4n) is 8.32. The molecule has 0 radical (unpaired) electrons. The minimum atomic E-state index is -0.00593. The van der Waals surface area contributed by atoms with E-state index in [0.717, 1.165) is 36.0 Å². The molecule has 4 saturated carbocycles. The van der Waals surface area contributed by atoms with Crippen molar-refractivity contribution in [2.45, 2.75) is 98.0 Å². The van der Waals surface area contributed by atoms with Crippen LogP contribution >= 0.6 is 0 Å². The van der Waals surface area contributed by atoms with Crippen molar-refractivity contribution in [3.05, 3.63) is 0 Å². The van der Waals surface area contributed by atoms with Crippen LogP contribution in [-0.2, 0) is 0 Å². The molecule has 1 N–H and O–H groups in total. The highest BCUT2D eigenvalue weighted by atomic mass is 16.3. The van der Waals surface area contributed by atoms with Crippen LogP contribution in [0.2, 0.25) is 0 Å². The van der Waals surface area contributed by atoms with E-state index in [2.05, 4.69) is 27.7 Å².